The van der Waals surface area contributed by atoms with Gasteiger partial charge >= 0.3 is 0 Å². The summed E-state index contributed by atoms with van der Waals surface area (Å²) in [7, 11) is 0. The highest BCUT2D eigenvalue weighted by Gasteiger charge is 2.17. The van der Waals surface area contributed by atoms with Gasteiger partial charge in [0.05, 0.1) is 0 Å². The van der Waals surface area contributed by atoms with Gasteiger partial charge in [0, 0.05) is 0 Å². The predicted octanol–water partition coefficient (Wildman–Crippen LogP) is 5.22. The first kappa shape index (κ1) is 12.6. The van der Waals surface area contributed by atoms with Crippen molar-refractivity contribution in [2.24, 2.45) is 0 Å². The number of rotatable bonds is 0. The molecule has 0 aliphatic rings. The van der Waals surface area contributed by atoms with Gasteiger partial charge in [-0.3, -0.25) is 0 Å². The molecular weight excluding hydrogens is 527 g/mol. The molecule has 0 fully saturated rings. The van der Waals surface area contributed by atoms with Gasteiger partial charge in [-0.1, -0.05) is 95.6 Å². The lowest BCUT2D eigenvalue weighted by Gasteiger charge is -2.08. The molecule has 0 aromatic heterocycles. The van der Waals surface area contributed by atoms with Crippen molar-refractivity contribution >= 4 is 95.6 Å². The van der Waals surface area contributed by atoms with E-state index in [4.69, 9.17) is 0 Å². The highest BCUT2D eigenvalue weighted by Crippen LogP contribution is 2.40. The lowest BCUT2D eigenvalue weighted by Crippen LogP contribution is -1.97. The molecule has 6 heteroatoms. The summed E-state index contributed by atoms with van der Waals surface area (Å²) in [6.45, 7) is 0. The zero-order chi connectivity index (χ0) is 8.41. The molecule has 0 radical (unpaired) electrons. The van der Waals surface area contributed by atoms with Gasteiger partial charge in [-0.05, 0) is 12.2 Å². The fourth-order valence-electron chi connectivity index (χ4n) is 0.189. The number of allylic oxidation sites excluding steroid dienone is 2. The molecule has 0 N–H and O–H groups in total. The molecule has 0 aromatic carbocycles. The van der Waals surface area contributed by atoms with Crippen molar-refractivity contribution < 1.29 is 0 Å². The van der Waals surface area contributed by atoms with Crippen LogP contribution in [0.3, 0.4) is 0 Å². The first-order chi connectivity index (χ1) is 4.21. The Bertz CT molecular complexity index is 110. The molecule has 60 valence electrons. The van der Waals surface area contributed by atoms with Gasteiger partial charge in [-0.15, -0.1) is 0 Å². The highest BCUT2D eigenvalue weighted by molar-refractivity contribution is 9.40. The van der Waals surface area contributed by atoms with E-state index in [-0.39, 0.29) is 4.29 Å². The Labute approximate surface area is 110 Å². The quantitative estimate of drug-likeness (QED) is 0.298. The maximum absolute atomic E-state index is 3.32. The summed E-state index contributed by atoms with van der Waals surface area (Å²) >= 11 is 19.9. The molecule has 0 bridgehead atoms. The largest absolute Gasteiger partial charge is 0.153 e. The third-order valence-corrected chi connectivity index (χ3v) is 2.05. The molecule has 0 aliphatic carbocycles. The van der Waals surface area contributed by atoms with Crippen molar-refractivity contribution in [3.63, 3.8) is 0 Å². The Balaban J connectivity index is 4.01. The van der Waals surface area contributed by atoms with Gasteiger partial charge in [0.2, 0.25) is 0 Å². The van der Waals surface area contributed by atoms with E-state index in [0.717, 1.165) is 0 Å². The van der Waals surface area contributed by atoms with Crippen LogP contribution in [0, 0.1) is 0 Å². The molecule has 0 saturated carbocycles. The first-order valence-corrected chi connectivity index (χ1v) is 6.80. The molecule has 0 nitrogen and oxygen atoms in total. The fourth-order valence-corrected chi connectivity index (χ4v) is 0.982. The lowest BCUT2D eigenvalue weighted by atomic mass is 10.6. The first-order valence-electron chi connectivity index (χ1n) is 2.04. The maximum atomic E-state index is 3.32. The minimum Gasteiger partial charge on any atom is -0.0552 e. The van der Waals surface area contributed by atoms with Crippen LogP contribution in [-0.4, -0.2) is 4.29 Å². The molecule has 0 aromatic rings. The third-order valence-electron chi connectivity index (χ3n) is 0.461. The molecule has 0 rings (SSSR count). The van der Waals surface area contributed by atoms with E-state index in [1.807, 2.05) is 12.2 Å². The second-order valence-corrected chi connectivity index (χ2v) is 15.3. The number of alkyl halides is 6. The van der Waals surface area contributed by atoms with Crippen molar-refractivity contribution in [1.29, 1.82) is 0 Å². The molecule has 0 atom stereocenters. The van der Waals surface area contributed by atoms with Gasteiger partial charge < -0.3 is 0 Å². The summed E-state index contributed by atoms with van der Waals surface area (Å²) in [5, 5.41) is 0. The smallest absolute Gasteiger partial charge is 0.0552 e. The van der Waals surface area contributed by atoms with Gasteiger partial charge in [0.1, 0.15) is 0 Å². The third kappa shape index (κ3) is 10.6. The van der Waals surface area contributed by atoms with Crippen LogP contribution in [0.15, 0.2) is 12.2 Å². The standard InChI is InChI=1S/C4H2Br6/c5-3(6,7)1-2-4(8,9)10/h1-2H/b2-1+. The Kier molecular flexibility index (Phi) is 5.99. The molecule has 0 aliphatic heterocycles. The SMILES string of the molecule is BrC(Br)(Br)/C=C/C(Br)(Br)Br. The van der Waals surface area contributed by atoms with Gasteiger partial charge in [-0.2, -0.15) is 0 Å². The number of hydrogen-bond donors (Lipinski definition) is 0. The van der Waals surface area contributed by atoms with Crippen LogP contribution in [0.25, 0.3) is 0 Å². The molecule has 10 heavy (non-hydrogen) atoms. The summed E-state index contributed by atoms with van der Waals surface area (Å²) in [5.41, 5.74) is 0. The molecular formula is C4H2Br6. The number of hydrogen-bond acceptors (Lipinski definition) is 0. The van der Waals surface area contributed by atoms with Crippen molar-refractivity contribution in [2.75, 3.05) is 0 Å². The minimum absolute atomic E-state index is 0.326. The van der Waals surface area contributed by atoms with Crippen LogP contribution in [0.4, 0.5) is 0 Å². The van der Waals surface area contributed by atoms with Crippen LogP contribution in [0.2, 0.25) is 0 Å². The van der Waals surface area contributed by atoms with E-state index in [9.17, 15) is 0 Å². The zero-order valence-corrected chi connectivity index (χ0v) is 13.9. The second-order valence-electron chi connectivity index (χ2n) is 1.42. The lowest BCUT2D eigenvalue weighted by molar-refractivity contribution is 1.54. The molecule has 0 amide bonds. The summed E-state index contributed by atoms with van der Waals surface area (Å²) < 4.78 is -0.652. The fraction of sp³-hybridized carbons (Fsp3) is 0.500. The molecule has 0 heterocycles. The van der Waals surface area contributed by atoms with Crippen molar-refractivity contribution in [1.82, 2.24) is 0 Å². The molecule has 0 spiro atoms. The monoisotopic (exact) mass is 524 g/mol. The van der Waals surface area contributed by atoms with Crippen LogP contribution >= 0.6 is 95.6 Å². The normalized spacial score (nSPS) is 14.6. The van der Waals surface area contributed by atoms with Gasteiger partial charge in [-0.25, -0.2) is 0 Å². The van der Waals surface area contributed by atoms with Crippen LogP contribution in [0.5, 0.6) is 0 Å². The van der Waals surface area contributed by atoms with E-state index < -0.39 is 0 Å². The van der Waals surface area contributed by atoms with Gasteiger partial charge in [0.15, 0.2) is 4.29 Å². The summed E-state index contributed by atoms with van der Waals surface area (Å²) in [6.07, 6.45) is 3.76. The summed E-state index contributed by atoms with van der Waals surface area (Å²) in [6, 6.07) is 0. The second kappa shape index (κ2) is 4.74. The highest BCUT2D eigenvalue weighted by atomic mass is 80.0. The van der Waals surface area contributed by atoms with Gasteiger partial charge in [0.25, 0.3) is 0 Å². The van der Waals surface area contributed by atoms with Crippen molar-refractivity contribution in [3.8, 4) is 0 Å². The Hall–Kier alpha value is 2.62. The summed E-state index contributed by atoms with van der Waals surface area (Å²) in [4.78, 5) is 0. The van der Waals surface area contributed by atoms with Crippen molar-refractivity contribution in [2.45, 2.75) is 4.29 Å². The van der Waals surface area contributed by atoms with Crippen LogP contribution in [0.1, 0.15) is 0 Å². The molecule has 0 unspecified atom stereocenters. The maximum Gasteiger partial charge on any atom is 0.153 e. The number of halogens is 6. The van der Waals surface area contributed by atoms with Crippen LogP contribution < -0.4 is 0 Å². The van der Waals surface area contributed by atoms with E-state index in [1.54, 1.807) is 0 Å². The van der Waals surface area contributed by atoms with E-state index >= 15 is 0 Å². The van der Waals surface area contributed by atoms with Crippen LogP contribution in [-0.2, 0) is 0 Å². The Morgan fingerprint density at radius 3 is 0.900 bits per heavy atom. The molecule has 0 saturated heterocycles. The Morgan fingerprint density at radius 1 is 0.600 bits per heavy atom. The average molecular weight is 529 g/mol. The minimum atomic E-state index is -0.326. The van der Waals surface area contributed by atoms with E-state index in [2.05, 4.69) is 95.6 Å². The summed E-state index contributed by atoms with van der Waals surface area (Å²) in [5.74, 6) is 0. The zero-order valence-electron chi connectivity index (χ0n) is 4.42. The van der Waals surface area contributed by atoms with Crippen molar-refractivity contribution in [3.05, 3.63) is 12.2 Å². The predicted molar refractivity (Wildman–Crippen MR) is 68.2 cm³/mol. The Morgan fingerprint density at radius 2 is 0.800 bits per heavy atom. The topological polar surface area (TPSA) is 0 Å². The van der Waals surface area contributed by atoms with E-state index in [1.165, 1.54) is 0 Å². The average Bonchev–Trinajstić information content (AvgIpc) is 1.57. The van der Waals surface area contributed by atoms with E-state index in [0.29, 0.717) is 0 Å².